The van der Waals surface area contributed by atoms with Gasteiger partial charge in [-0.05, 0) is 33.3 Å². The highest BCUT2D eigenvalue weighted by Gasteiger charge is 2.54. The van der Waals surface area contributed by atoms with E-state index in [0.29, 0.717) is 31.8 Å². The van der Waals surface area contributed by atoms with Crippen molar-refractivity contribution in [1.29, 1.82) is 0 Å². The predicted octanol–water partition coefficient (Wildman–Crippen LogP) is 1.40. The van der Waals surface area contributed by atoms with E-state index in [0.717, 1.165) is 6.42 Å². The number of nitrogens with zero attached hydrogens (tertiary/aromatic N) is 1. The molecule has 0 spiro atoms. The Morgan fingerprint density at radius 1 is 1.12 bits per heavy atom. The summed E-state index contributed by atoms with van der Waals surface area (Å²) in [6, 6.07) is 6.95. The molecule has 2 aliphatic heterocycles. The summed E-state index contributed by atoms with van der Waals surface area (Å²) >= 11 is 0. The zero-order valence-electron chi connectivity index (χ0n) is 15.3. The molecule has 6 nitrogen and oxygen atoms in total. The molecule has 1 unspecified atom stereocenters. The normalized spacial score (nSPS) is 27.6. The van der Waals surface area contributed by atoms with E-state index < -0.39 is 28.3 Å². The summed E-state index contributed by atoms with van der Waals surface area (Å²) in [6.45, 7) is 9.57. The average molecular weight is 367 g/mol. The van der Waals surface area contributed by atoms with Crippen molar-refractivity contribution in [3.05, 3.63) is 24.3 Å². The van der Waals surface area contributed by atoms with Gasteiger partial charge in [-0.3, -0.25) is 0 Å². The third-order valence-electron chi connectivity index (χ3n) is 5.48. The Morgan fingerprint density at radius 3 is 2.36 bits per heavy atom. The summed E-state index contributed by atoms with van der Waals surface area (Å²) in [7, 11) is -4.32. The third kappa shape index (κ3) is 3.26. The van der Waals surface area contributed by atoms with Crippen molar-refractivity contribution in [3.8, 4) is 0 Å². The van der Waals surface area contributed by atoms with Crippen molar-refractivity contribution in [2.24, 2.45) is 0 Å². The molecule has 138 valence electrons. The van der Waals surface area contributed by atoms with Gasteiger partial charge in [0, 0.05) is 18.6 Å². The summed E-state index contributed by atoms with van der Waals surface area (Å²) in [4.78, 5) is 0.248. The molecule has 0 aliphatic carbocycles. The van der Waals surface area contributed by atoms with E-state index >= 15 is 0 Å². The topological polar surface area (TPSA) is 65.1 Å². The van der Waals surface area contributed by atoms with Gasteiger partial charge in [0.15, 0.2) is 0 Å². The van der Waals surface area contributed by atoms with Crippen molar-refractivity contribution in [1.82, 2.24) is 4.31 Å². The van der Waals surface area contributed by atoms with Gasteiger partial charge >= 0.3 is 7.12 Å². The monoisotopic (exact) mass is 367 g/mol. The van der Waals surface area contributed by atoms with Gasteiger partial charge in [-0.2, -0.15) is 4.31 Å². The van der Waals surface area contributed by atoms with E-state index in [4.69, 9.17) is 14.0 Å². The van der Waals surface area contributed by atoms with Gasteiger partial charge in [-0.15, -0.1) is 0 Å². The Balaban J connectivity index is 1.97. The minimum atomic E-state index is -3.62. The van der Waals surface area contributed by atoms with Gasteiger partial charge in [-0.25, -0.2) is 8.42 Å². The van der Waals surface area contributed by atoms with Crippen molar-refractivity contribution in [3.63, 3.8) is 0 Å². The summed E-state index contributed by atoms with van der Waals surface area (Å²) in [6.07, 6.45) is 0.773. The first-order valence-electron chi connectivity index (χ1n) is 8.74. The van der Waals surface area contributed by atoms with Crippen LogP contribution in [0.1, 0.15) is 34.1 Å². The second-order valence-corrected chi connectivity index (χ2v) is 9.12. The van der Waals surface area contributed by atoms with Crippen molar-refractivity contribution in [2.75, 3.05) is 26.3 Å². The van der Waals surface area contributed by atoms with Crippen molar-refractivity contribution >= 4 is 22.6 Å². The lowest BCUT2D eigenvalue weighted by atomic mass is 9.79. The molecule has 2 saturated heterocycles. The van der Waals surface area contributed by atoms with E-state index in [2.05, 4.69) is 0 Å². The Hall–Kier alpha value is -0.925. The smallest absolute Gasteiger partial charge is 0.399 e. The molecule has 2 fully saturated rings. The Morgan fingerprint density at radius 2 is 1.76 bits per heavy atom. The zero-order valence-corrected chi connectivity index (χ0v) is 16.1. The van der Waals surface area contributed by atoms with E-state index in [1.165, 1.54) is 4.31 Å². The quantitative estimate of drug-likeness (QED) is 0.753. The zero-order chi connectivity index (χ0) is 18.3. The molecule has 1 atom stereocenters. The minimum Gasteiger partial charge on any atom is -0.399 e. The first kappa shape index (κ1) is 18.9. The molecule has 8 heteroatoms. The van der Waals surface area contributed by atoms with Crippen LogP contribution in [0.5, 0.6) is 0 Å². The number of ether oxygens (including phenoxy) is 1. The molecule has 0 bridgehead atoms. The Bertz CT molecular complexity index is 732. The molecule has 0 amide bonds. The van der Waals surface area contributed by atoms with Gasteiger partial charge in [0.25, 0.3) is 0 Å². The fourth-order valence-corrected chi connectivity index (χ4v) is 4.89. The lowest BCUT2D eigenvalue weighted by Gasteiger charge is -2.35. The number of benzene rings is 1. The lowest BCUT2D eigenvalue weighted by Crippen LogP contribution is -2.45. The maximum Gasteiger partial charge on any atom is 0.496 e. The predicted molar refractivity (Wildman–Crippen MR) is 96.4 cm³/mol. The van der Waals surface area contributed by atoms with Crippen LogP contribution in [0.15, 0.2) is 29.2 Å². The summed E-state index contributed by atoms with van der Waals surface area (Å²) < 4.78 is 45.3. The molecular weight excluding hydrogens is 341 g/mol. The van der Waals surface area contributed by atoms with E-state index in [-0.39, 0.29) is 4.90 Å². The van der Waals surface area contributed by atoms with Crippen LogP contribution >= 0.6 is 0 Å². The molecule has 0 radical (unpaired) electrons. The Kier molecular flexibility index (Phi) is 5.03. The summed E-state index contributed by atoms with van der Waals surface area (Å²) in [5.74, 6) is 0. The number of morpholine rings is 1. The Labute approximate surface area is 150 Å². The highest BCUT2D eigenvalue weighted by atomic mass is 32.2. The molecule has 25 heavy (non-hydrogen) atoms. The van der Waals surface area contributed by atoms with Gasteiger partial charge in [-0.1, -0.05) is 25.1 Å². The van der Waals surface area contributed by atoms with Crippen LogP contribution in [0.4, 0.5) is 0 Å². The highest BCUT2D eigenvalue weighted by Crippen LogP contribution is 2.39. The molecule has 2 heterocycles. The fourth-order valence-electron chi connectivity index (χ4n) is 3.27. The van der Waals surface area contributed by atoms with Crippen LogP contribution in [0.2, 0.25) is 0 Å². The van der Waals surface area contributed by atoms with Crippen LogP contribution < -0.4 is 5.46 Å². The van der Waals surface area contributed by atoms with Crippen LogP contribution in [-0.2, 0) is 24.1 Å². The maximum atomic E-state index is 13.1. The molecule has 1 aromatic carbocycles. The van der Waals surface area contributed by atoms with Crippen LogP contribution in [0, 0.1) is 0 Å². The molecule has 0 N–H and O–H groups in total. The molecule has 3 rings (SSSR count). The first-order chi connectivity index (χ1) is 11.7. The van der Waals surface area contributed by atoms with Crippen LogP contribution in [-0.4, -0.2) is 57.3 Å². The number of hydrogen-bond acceptors (Lipinski definition) is 5. The molecule has 2 aliphatic rings. The second kappa shape index (κ2) is 6.66. The second-order valence-electron chi connectivity index (χ2n) is 7.22. The van der Waals surface area contributed by atoms with Crippen LogP contribution in [0.3, 0.4) is 0 Å². The van der Waals surface area contributed by atoms with E-state index in [9.17, 15) is 8.42 Å². The molecule has 1 aromatic rings. The van der Waals surface area contributed by atoms with Gasteiger partial charge in [0.1, 0.15) is 0 Å². The SMILES string of the molecule is CCC1(C)OB(c2ccccc2S(=O)(=O)N2CCOCC2)OC1(C)C. The lowest BCUT2D eigenvalue weighted by molar-refractivity contribution is -0.0118. The molecule has 0 aromatic heterocycles. The largest absolute Gasteiger partial charge is 0.496 e. The third-order valence-corrected chi connectivity index (χ3v) is 7.45. The standard InChI is InChI=1S/C17H26BNO5S/c1-5-17(4)16(2,3)23-18(24-17)14-8-6-7-9-15(14)25(20,21)19-10-12-22-13-11-19/h6-9H,5,10-13H2,1-4H3. The number of hydrogen-bond donors (Lipinski definition) is 0. The van der Waals surface area contributed by atoms with Gasteiger partial charge in [0.05, 0.1) is 29.3 Å². The van der Waals surface area contributed by atoms with Gasteiger partial charge in [0.2, 0.25) is 10.0 Å². The van der Waals surface area contributed by atoms with E-state index in [1.54, 1.807) is 18.2 Å². The van der Waals surface area contributed by atoms with Crippen LogP contribution in [0.25, 0.3) is 0 Å². The minimum absolute atomic E-state index is 0.248. The van der Waals surface area contributed by atoms with E-state index in [1.807, 2.05) is 33.8 Å². The van der Waals surface area contributed by atoms with Crippen molar-refractivity contribution in [2.45, 2.75) is 50.2 Å². The van der Waals surface area contributed by atoms with Gasteiger partial charge < -0.3 is 14.0 Å². The average Bonchev–Trinajstić information content (AvgIpc) is 2.86. The fraction of sp³-hybridized carbons (Fsp3) is 0.647. The maximum absolute atomic E-state index is 13.1. The number of sulfonamides is 1. The number of rotatable bonds is 4. The summed E-state index contributed by atoms with van der Waals surface area (Å²) in [5, 5.41) is 0. The molecule has 0 saturated carbocycles. The first-order valence-corrected chi connectivity index (χ1v) is 10.2. The van der Waals surface area contributed by atoms with Crippen molar-refractivity contribution < 1.29 is 22.5 Å². The highest BCUT2D eigenvalue weighted by molar-refractivity contribution is 7.89. The molecular formula is C17H26BNO5S. The summed E-state index contributed by atoms with van der Waals surface area (Å²) in [5.41, 5.74) is -0.435.